The third-order valence-corrected chi connectivity index (χ3v) is 4.37. The molecule has 3 N–H and O–H groups in total. The minimum absolute atomic E-state index is 0.000204. The molecule has 2 aromatic carbocycles. The van der Waals surface area contributed by atoms with Crippen LogP contribution in [0.5, 0.6) is 5.75 Å². The van der Waals surface area contributed by atoms with Gasteiger partial charge in [0.2, 0.25) is 0 Å². The van der Waals surface area contributed by atoms with E-state index >= 15 is 0 Å². The summed E-state index contributed by atoms with van der Waals surface area (Å²) in [6.45, 7) is 1.85. The monoisotopic (exact) mass is 353 g/mol. The van der Waals surface area contributed by atoms with Gasteiger partial charge in [0, 0.05) is 17.1 Å². The van der Waals surface area contributed by atoms with E-state index < -0.39 is 0 Å². The number of H-pyrrole nitrogens is 1. The van der Waals surface area contributed by atoms with Crippen LogP contribution in [0, 0.1) is 5.82 Å². The van der Waals surface area contributed by atoms with Gasteiger partial charge in [0.25, 0.3) is 11.8 Å². The first-order valence-corrected chi connectivity index (χ1v) is 8.15. The van der Waals surface area contributed by atoms with E-state index in [1.54, 1.807) is 24.4 Å². The summed E-state index contributed by atoms with van der Waals surface area (Å²) in [4.78, 5) is 27.0. The van der Waals surface area contributed by atoms with Crippen molar-refractivity contribution in [2.24, 2.45) is 0 Å². The van der Waals surface area contributed by atoms with Gasteiger partial charge in [-0.1, -0.05) is 6.07 Å². The predicted octanol–water partition coefficient (Wildman–Crippen LogP) is 3.13. The Kier molecular flexibility index (Phi) is 3.84. The van der Waals surface area contributed by atoms with E-state index in [9.17, 15) is 14.0 Å². The SMILES string of the molecule is C[C@H](NC(=O)c1c[nH]c2cc(F)ccc12)c1ccc2c(c1)NC(=O)CO2. The van der Waals surface area contributed by atoms with Crippen LogP contribution in [0.4, 0.5) is 10.1 Å². The number of halogens is 1. The highest BCUT2D eigenvalue weighted by atomic mass is 19.1. The van der Waals surface area contributed by atoms with Crippen LogP contribution in [-0.4, -0.2) is 23.4 Å². The Balaban J connectivity index is 1.55. The van der Waals surface area contributed by atoms with Crippen LogP contribution >= 0.6 is 0 Å². The van der Waals surface area contributed by atoms with Gasteiger partial charge in [-0.3, -0.25) is 9.59 Å². The lowest BCUT2D eigenvalue weighted by molar-refractivity contribution is -0.118. The Morgan fingerprint density at radius 3 is 2.96 bits per heavy atom. The summed E-state index contributed by atoms with van der Waals surface area (Å²) in [5.41, 5.74) is 2.43. The van der Waals surface area contributed by atoms with E-state index in [2.05, 4.69) is 15.6 Å². The fourth-order valence-electron chi connectivity index (χ4n) is 3.01. The Hall–Kier alpha value is -3.35. The number of ether oxygens (including phenoxy) is 1. The molecule has 1 aliphatic rings. The molecule has 3 aromatic rings. The molecule has 1 aliphatic heterocycles. The summed E-state index contributed by atoms with van der Waals surface area (Å²) in [5.74, 6) is -0.241. The molecule has 0 saturated carbocycles. The van der Waals surface area contributed by atoms with Gasteiger partial charge in [-0.15, -0.1) is 0 Å². The van der Waals surface area contributed by atoms with Crippen molar-refractivity contribution < 1.29 is 18.7 Å². The second-order valence-electron chi connectivity index (χ2n) is 6.18. The Bertz CT molecular complexity index is 1030. The van der Waals surface area contributed by atoms with Crippen LogP contribution in [-0.2, 0) is 4.79 Å². The summed E-state index contributed by atoms with van der Waals surface area (Å²) in [6.07, 6.45) is 1.56. The maximum atomic E-state index is 13.3. The van der Waals surface area contributed by atoms with E-state index in [0.29, 0.717) is 27.9 Å². The zero-order valence-corrected chi connectivity index (χ0v) is 13.9. The minimum atomic E-state index is -0.363. The number of hydrogen-bond acceptors (Lipinski definition) is 3. The van der Waals surface area contributed by atoms with Gasteiger partial charge >= 0.3 is 0 Å². The van der Waals surface area contributed by atoms with E-state index in [0.717, 1.165) is 5.56 Å². The Morgan fingerprint density at radius 2 is 2.12 bits per heavy atom. The average molecular weight is 353 g/mol. The molecule has 0 unspecified atom stereocenters. The number of benzene rings is 2. The van der Waals surface area contributed by atoms with E-state index in [1.165, 1.54) is 12.1 Å². The summed E-state index contributed by atoms with van der Waals surface area (Å²) in [7, 11) is 0. The predicted molar refractivity (Wildman–Crippen MR) is 94.7 cm³/mol. The Labute approximate surface area is 148 Å². The van der Waals surface area contributed by atoms with E-state index in [-0.39, 0.29) is 30.3 Å². The van der Waals surface area contributed by atoms with Crippen LogP contribution in [0.2, 0.25) is 0 Å². The molecule has 2 amide bonds. The normalized spacial score (nSPS) is 14.3. The summed E-state index contributed by atoms with van der Waals surface area (Å²) >= 11 is 0. The molecule has 0 spiro atoms. The first-order chi connectivity index (χ1) is 12.5. The van der Waals surface area contributed by atoms with Gasteiger partial charge in [-0.2, -0.15) is 0 Å². The molecule has 0 aliphatic carbocycles. The standard InChI is InChI=1S/C19H16FN3O3/c1-10(11-2-5-17-16(6-11)23-18(24)9-26-17)22-19(25)14-8-21-15-7-12(20)3-4-13(14)15/h2-8,10,21H,9H2,1H3,(H,22,25)(H,23,24)/t10-/m0/s1. The summed E-state index contributed by atoms with van der Waals surface area (Å²) in [6, 6.07) is 9.34. The van der Waals surface area contributed by atoms with Crippen molar-refractivity contribution in [1.29, 1.82) is 0 Å². The lowest BCUT2D eigenvalue weighted by Crippen LogP contribution is -2.28. The zero-order chi connectivity index (χ0) is 18.3. The lowest BCUT2D eigenvalue weighted by atomic mass is 10.1. The average Bonchev–Trinajstić information content (AvgIpc) is 3.04. The van der Waals surface area contributed by atoms with Crippen molar-refractivity contribution in [3.05, 3.63) is 59.5 Å². The molecule has 26 heavy (non-hydrogen) atoms. The van der Waals surface area contributed by atoms with Crippen molar-refractivity contribution in [2.45, 2.75) is 13.0 Å². The molecule has 1 atom stereocenters. The van der Waals surface area contributed by atoms with Crippen LogP contribution in [0.25, 0.3) is 10.9 Å². The van der Waals surface area contributed by atoms with Gasteiger partial charge in [0.15, 0.2) is 6.61 Å². The fourth-order valence-corrected chi connectivity index (χ4v) is 3.01. The molecule has 0 saturated heterocycles. The van der Waals surface area contributed by atoms with Gasteiger partial charge < -0.3 is 20.4 Å². The van der Waals surface area contributed by atoms with Crippen LogP contribution < -0.4 is 15.4 Å². The fraction of sp³-hybridized carbons (Fsp3) is 0.158. The summed E-state index contributed by atoms with van der Waals surface area (Å²) < 4.78 is 18.6. The molecule has 6 nitrogen and oxygen atoms in total. The number of nitrogens with one attached hydrogen (secondary N) is 3. The molecule has 132 valence electrons. The number of hydrogen-bond donors (Lipinski definition) is 3. The number of fused-ring (bicyclic) bond motifs is 2. The largest absolute Gasteiger partial charge is 0.482 e. The number of aromatic amines is 1. The summed E-state index contributed by atoms with van der Waals surface area (Å²) in [5, 5.41) is 6.32. The van der Waals surface area contributed by atoms with E-state index in [1.807, 2.05) is 13.0 Å². The third-order valence-electron chi connectivity index (χ3n) is 4.37. The number of anilines is 1. The zero-order valence-electron chi connectivity index (χ0n) is 13.9. The number of carbonyl (C=O) groups excluding carboxylic acids is 2. The smallest absolute Gasteiger partial charge is 0.262 e. The van der Waals surface area contributed by atoms with Crippen LogP contribution in [0.3, 0.4) is 0 Å². The topological polar surface area (TPSA) is 83.2 Å². The van der Waals surface area contributed by atoms with Gasteiger partial charge in [0.1, 0.15) is 11.6 Å². The minimum Gasteiger partial charge on any atom is -0.482 e. The van der Waals surface area contributed by atoms with Crippen molar-refractivity contribution in [3.8, 4) is 5.75 Å². The number of amides is 2. The van der Waals surface area contributed by atoms with Gasteiger partial charge in [-0.25, -0.2) is 4.39 Å². The molecule has 0 radical (unpaired) electrons. The van der Waals surface area contributed by atoms with Crippen molar-refractivity contribution >= 4 is 28.4 Å². The number of rotatable bonds is 3. The molecule has 0 fully saturated rings. The maximum absolute atomic E-state index is 13.3. The maximum Gasteiger partial charge on any atom is 0.262 e. The van der Waals surface area contributed by atoms with Crippen molar-refractivity contribution in [1.82, 2.24) is 10.3 Å². The lowest BCUT2D eigenvalue weighted by Gasteiger charge is -2.21. The quantitative estimate of drug-likeness (QED) is 0.676. The van der Waals surface area contributed by atoms with Crippen molar-refractivity contribution in [3.63, 3.8) is 0 Å². The highest BCUT2D eigenvalue weighted by Crippen LogP contribution is 2.30. The van der Waals surface area contributed by atoms with Gasteiger partial charge in [-0.05, 0) is 42.8 Å². The molecule has 1 aromatic heterocycles. The van der Waals surface area contributed by atoms with Gasteiger partial charge in [0.05, 0.1) is 17.3 Å². The Morgan fingerprint density at radius 1 is 1.27 bits per heavy atom. The number of carbonyl (C=O) groups is 2. The highest BCUT2D eigenvalue weighted by molar-refractivity contribution is 6.06. The first-order valence-electron chi connectivity index (χ1n) is 8.15. The van der Waals surface area contributed by atoms with Crippen LogP contribution in [0.15, 0.2) is 42.6 Å². The molecule has 7 heteroatoms. The molecule has 4 rings (SSSR count). The molecular weight excluding hydrogens is 337 g/mol. The second kappa shape index (κ2) is 6.18. The third kappa shape index (κ3) is 2.88. The highest BCUT2D eigenvalue weighted by Gasteiger charge is 2.19. The van der Waals surface area contributed by atoms with E-state index in [4.69, 9.17) is 4.74 Å². The molecular formula is C19H16FN3O3. The molecule has 2 heterocycles. The second-order valence-corrected chi connectivity index (χ2v) is 6.18. The van der Waals surface area contributed by atoms with Crippen molar-refractivity contribution in [2.75, 3.05) is 11.9 Å². The van der Waals surface area contributed by atoms with Crippen LogP contribution in [0.1, 0.15) is 28.9 Å². The number of aromatic nitrogens is 1. The first kappa shape index (κ1) is 16.1. The molecule has 0 bridgehead atoms.